The Balaban J connectivity index is 4.82. The third kappa shape index (κ3) is 19.5. The zero-order valence-corrected chi connectivity index (χ0v) is 21.7. The Morgan fingerprint density at radius 1 is 0.485 bits per heavy atom. The van der Waals surface area contributed by atoms with Gasteiger partial charge in [0.25, 0.3) is 0 Å². The molecule has 0 saturated heterocycles. The van der Waals surface area contributed by atoms with E-state index in [0.29, 0.717) is 26.2 Å². The summed E-state index contributed by atoms with van der Waals surface area (Å²) >= 11 is 0. The van der Waals surface area contributed by atoms with Crippen LogP contribution in [0.5, 0.6) is 0 Å². The predicted octanol–water partition coefficient (Wildman–Crippen LogP) is -3.59. The highest BCUT2D eigenvalue weighted by atomic mass is 15.3. The molecule has 0 bridgehead atoms. The summed E-state index contributed by atoms with van der Waals surface area (Å²) in [7, 11) is 2.01. The van der Waals surface area contributed by atoms with Crippen LogP contribution in [0, 0.1) is 0 Å². The molecule has 11 heteroatoms. The van der Waals surface area contributed by atoms with Crippen molar-refractivity contribution in [1.82, 2.24) is 35.6 Å². The summed E-state index contributed by atoms with van der Waals surface area (Å²) in [6.45, 7) is 20.4. The van der Waals surface area contributed by atoms with E-state index in [1.54, 1.807) is 0 Å². The maximum absolute atomic E-state index is 5.83. The molecule has 0 aromatic carbocycles. The smallest absolute Gasteiger partial charge is 0.0481 e. The van der Waals surface area contributed by atoms with Crippen molar-refractivity contribution in [2.24, 2.45) is 22.9 Å². The quantitative estimate of drug-likeness (QED) is 0.0490. The van der Waals surface area contributed by atoms with E-state index < -0.39 is 0 Å². The van der Waals surface area contributed by atoms with Gasteiger partial charge in [0.05, 0.1) is 0 Å². The Morgan fingerprint density at radius 2 is 0.939 bits per heavy atom. The van der Waals surface area contributed by atoms with E-state index in [1.165, 1.54) is 0 Å². The van der Waals surface area contributed by atoms with Crippen molar-refractivity contribution in [2.45, 2.75) is 6.92 Å². The molecule has 0 spiro atoms. The molecule has 0 rings (SSSR count). The van der Waals surface area contributed by atoms with E-state index in [-0.39, 0.29) is 0 Å². The zero-order chi connectivity index (χ0) is 24.6. The van der Waals surface area contributed by atoms with Crippen LogP contribution in [0.25, 0.3) is 0 Å². The molecular formula is C22H57N11. The average Bonchev–Trinajstić information content (AvgIpc) is 2.82. The van der Waals surface area contributed by atoms with Crippen molar-refractivity contribution in [3.05, 3.63) is 0 Å². The zero-order valence-electron chi connectivity index (χ0n) is 21.7. The van der Waals surface area contributed by atoms with Crippen molar-refractivity contribution < 1.29 is 0 Å². The van der Waals surface area contributed by atoms with E-state index in [4.69, 9.17) is 22.9 Å². The molecule has 0 aliphatic heterocycles. The fourth-order valence-corrected chi connectivity index (χ4v) is 3.68. The minimum Gasteiger partial charge on any atom is -0.329 e. The Hall–Kier alpha value is -0.440. The van der Waals surface area contributed by atoms with Gasteiger partial charge in [-0.1, -0.05) is 6.92 Å². The number of hydrogen-bond donors (Lipinski definition) is 7. The molecule has 0 saturated carbocycles. The van der Waals surface area contributed by atoms with Crippen LogP contribution in [0.15, 0.2) is 0 Å². The predicted molar refractivity (Wildman–Crippen MR) is 142 cm³/mol. The van der Waals surface area contributed by atoms with Crippen LogP contribution in [-0.2, 0) is 0 Å². The molecule has 11 N–H and O–H groups in total. The van der Waals surface area contributed by atoms with Gasteiger partial charge in [0.2, 0.25) is 0 Å². The third-order valence-corrected chi connectivity index (χ3v) is 5.72. The second-order valence-electron chi connectivity index (χ2n) is 8.41. The van der Waals surface area contributed by atoms with Crippen LogP contribution in [0.4, 0.5) is 0 Å². The van der Waals surface area contributed by atoms with E-state index in [1.807, 2.05) is 7.05 Å². The first kappa shape index (κ1) is 32.6. The van der Waals surface area contributed by atoms with Gasteiger partial charge in [-0.15, -0.1) is 0 Å². The first-order valence-electron chi connectivity index (χ1n) is 12.9. The Morgan fingerprint density at radius 3 is 1.39 bits per heavy atom. The van der Waals surface area contributed by atoms with E-state index in [9.17, 15) is 0 Å². The van der Waals surface area contributed by atoms with Crippen molar-refractivity contribution in [1.29, 1.82) is 0 Å². The van der Waals surface area contributed by atoms with E-state index in [0.717, 1.165) is 105 Å². The molecule has 11 nitrogen and oxygen atoms in total. The molecule has 33 heavy (non-hydrogen) atoms. The number of nitrogens with one attached hydrogen (secondary N) is 3. The number of nitrogens with zero attached hydrogens (tertiary/aromatic N) is 4. The minimum atomic E-state index is 0.673. The summed E-state index contributed by atoms with van der Waals surface area (Å²) in [6, 6.07) is 0. The molecule has 0 fully saturated rings. The number of rotatable bonds is 26. The summed E-state index contributed by atoms with van der Waals surface area (Å²) in [5.41, 5.74) is 23.0. The van der Waals surface area contributed by atoms with Gasteiger partial charge in [-0.3, -0.25) is 19.6 Å². The first-order chi connectivity index (χ1) is 16.1. The van der Waals surface area contributed by atoms with Crippen LogP contribution in [0.3, 0.4) is 0 Å². The summed E-state index contributed by atoms with van der Waals surface area (Å²) < 4.78 is 0. The van der Waals surface area contributed by atoms with E-state index >= 15 is 0 Å². The van der Waals surface area contributed by atoms with Gasteiger partial charge in [-0.2, -0.15) is 0 Å². The lowest BCUT2D eigenvalue weighted by molar-refractivity contribution is 0.161. The van der Waals surface area contributed by atoms with Gasteiger partial charge in [0, 0.05) is 124 Å². The molecule has 0 aromatic heterocycles. The lowest BCUT2D eigenvalue weighted by Crippen LogP contribution is -2.47. The van der Waals surface area contributed by atoms with Gasteiger partial charge in [-0.05, 0) is 13.6 Å². The average molecular weight is 476 g/mol. The largest absolute Gasteiger partial charge is 0.329 e. The highest BCUT2D eigenvalue weighted by Crippen LogP contribution is 1.97. The van der Waals surface area contributed by atoms with Gasteiger partial charge < -0.3 is 38.9 Å². The molecule has 0 heterocycles. The molecule has 0 amide bonds. The summed E-state index contributed by atoms with van der Waals surface area (Å²) in [6.07, 6.45) is 0. The van der Waals surface area contributed by atoms with Gasteiger partial charge >= 0.3 is 0 Å². The van der Waals surface area contributed by atoms with Crippen molar-refractivity contribution in [3.63, 3.8) is 0 Å². The summed E-state index contributed by atoms with van der Waals surface area (Å²) in [5.74, 6) is 0. The van der Waals surface area contributed by atoms with Crippen LogP contribution in [0.1, 0.15) is 6.92 Å². The van der Waals surface area contributed by atoms with Gasteiger partial charge in [0.1, 0.15) is 0 Å². The van der Waals surface area contributed by atoms with Crippen LogP contribution < -0.4 is 38.9 Å². The lowest BCUT2D eigenvalue weighted by atomic mass is 10.3. The maximum atomic E-state index is 5.83. The lowest BCUT2D eigenvalue weighted by Gasteiger charge is -2.31. The third-order valence-electron chi connectivity index (χ3n) is 5.72. The molecule has 0 aromatic rings. The molecule has 0 unspecified atom stereocenters. The number of hydrogen-bond acceptors (Lipinski definition) is 11. The highest BCUT2D eigenvalue weighted by Gasteiger charge is 2.13. The summed E-state index contributed by atoms with van der Waals surface area (Å²) in [5, 5.41) is 10.2. The Labute approximate surface area is 203 Å². The molecule has 0 radical (unpaired) electrons. The molecular weight excluding hydrogens is 418 g/mol. The Bertz CT molecular complexity index is 383. The van der Waals surface area contributed by atoms with Gasteiger partial charge in [-0.25, -0.2) is 0 Å². The topological polar surface area (TPSA) is 153 Å². The Kier molecular flexibility index (Phi) is 24.3. The minimum absolute atomic E-state index is 0.673. The summed E-state index contributed by atoms with van der Waals surface area (Å²) in [4.78, 5) is 9.88. The number of nitrogens with two attached hydrogens (primary N) is 4. The molecule has 0 aliphatic rings. The highest BCUT2D eigenvalue weighted by molar-refractivity contribution is 4.70. The second kappa shape index (κ2) is 24.7. The van der Waals surface area contributed by atoms with Crippen LogP contribution in [0.2, 0.25) is 0 Å². The van der Waals surface area contributed by atoms with Crippen LogP contribution >= 0.6 is 0 Å². The van der Waals surface area contributed by atoms with Crippen molar-refractivity contribution in [3.8, 4) is 0 Å². The normalized spacial score (nSPS) is 12.2. The fourth-order valence-electron chi connectivity index (χ4n) is 3.68. The fraction of sp³-hybridized carbons (Fsp3) is 1.00. The standard InChI is InChI=1S/C22H57N11/c1-3-28-22-33(13-7-26)21-20-32(15-10-29-8-4-23)19-18-31(14-9-27-2)17-16-30(11-5-24)12-6-25/h27-29H,3-26H2,1-2H3. The maximum Gasteiger partial charge on any atom is 0.0481 e. The second-order valence-corrected chi connectivity index (χ2v) is 8.41. The SMILES string of the molecule is CCNCN(CCN)CCN(CCNCCN)CCN(CCNC)CCN(CCN)CCN. The molecule has 200 valence electrons. The molecule has 0 aliphatic carbocycles. The van der Waals surface area contributed by atoms with Crippen molar-refractivity contribution in [2.75, 3.05) is 138 Å². The molecule has 0 atom stereocenters. The van der Waals surface area contributed by atoms with E-state index in [2.05, 4.69) is 42.5 Å². The van der Waals surface area contributed by atoms with Crippen LogP contribution in [-0.4, -0.2) is 158 Å². The monoisotopic (exact) mass is 475 g/mol. The van der Waals surface area contributed by atoms with Gasteiger partial charge in [0.15, 0.2) is 0 Å². The first-order valence-corrected chi connectivity index (χ1v) is 12.9. The van der Waals surface area contributed by atoms with Crippen molar-refractivity contribution >= 4 is 0 Å². The number of likely N-dealkylation sites (N-methyl/N-ethyl adjacent to an activating group) is 1.